The molecule has 0 saturated heterocycles. The summed E-state index contributed by atoms with van der Waals surface area (Å²) < 4.78 is 0. The van der Waals surface area contributed by atoms with Crippen molar-refractivity contribution in [1.82, 2.24) is 9.97 Å². The second-order valence-corrected chi connectivity index (χ2v) is 4.38. The average Bonchev–Trinajstić information content (AvgIpc) is 2.26. The van der Waals surface area contributed by atoms with E-state index < -0.39 is 0 Å². The minimum Gasteiger partial charge on any atom is -0.370 e. The van der Waals surface area contributed by atoms with Crippen molar-refractivity contribution in [3.8, 4) is 0 Å². The Hall–Kier alpha value is -1.12. The molecule has 15 heavy (non-hydrogen) atoms. The number of nitrogens with one attached hydrogen (secondary N) is 1. The lowest BCUT2D eigenvalue weighted by Crippen LogP contribution is -2.11. The Morgan fingerprint density at radius 1 is 1.27 bits per heavy atom. The Balaban J connectivity index is 2.58. The first-order valence-electron chi connectivity index (χ1n) is 5.69. The van der Waals surface area contributed by atoms with Crippen LogP contribution in [0.4, 0.5) is 5.82 Å². The largest absolute Gasteiger partial charge is 0.370 e. The van der Waals surface area contributed by atoms with Crippen LogP contribution >= 0.6 is 0 Å². The zero-order valence-electron chi connectivity index (χ0n) is 10.1. The molecule has 0 aliphatic carbocycles. The smallest absolute Gasteiger partial charge is 0.129 e. The van der Waals surface area contributed by atoms with Gasteiger partial charge < -0.3 is 5.32 Å². The van der Waals surface area contributed by atoms with Crippen molar-refractivity contribution in [3.63, 3.8) is 0 Å². The highest BCUT2D eigenvalue weighted by Gasteiger charge is 2.03. The highest BCUT2D eigenvalue weighted by molar-refractivity contribution is 5.35. The molecule has 0 fully saturated rings. The molecule has 1 atom stereocenters. The normalized spacial score (nSPS) is 12.9. The van der Waals surface area contributed by atoms with Gasteiger partial charge in [0.25, 0.3) is 0 Å². The standard InChI is InChI=1S/C12H21N3/c1-5-10(4)7-13-12-6-11(9(2)3)14-8-15-12/h6,8-10H,5,7H2,1-4H3,(H,13,14,15). The third kappa shape index (κ3) is 3.86. The molecule has 1 heterocycles. The van der Waals surface area contributed by atoms with Gasteiger partial charge in [0.05, 0.1) is 0 Å². The molecule has 0 radical (unpaired) electrons. The van der Waals surface area contributed by atoms with Gasteiger partial charge in [0.15, 0.2) is 0 Å². The van der Waals surface area contributed by atoms with E-state index >= 15 is 0 Å². The molecule has 0 aliphatic rings. The third-order valence-corrected chi connectivity index (χ3v) is 2.61. The molecule has 1 aromatic heterocycles. The number of anilines is 1. The van der Waals surface area contributed by atoms with E-state index in [1.807, 2.05) is 6.07 Å². The summed E-state index contributed by atoms with van der Waals surface area (Å²) in [7, 11) is 0. The molecule has 1 aromatic rings. The van der Waals surface area contributed by atoms with E-state index in [-0.39, 0.29) is 0 Å². The summed E-state index contributed by atoms with van der Waals surface area (Å²) in [5, 5.41) is 3.34. The van der Waals surface area contributed by atoms with Crippen LogP contribution in [0.15, 0.2) is 12.4 Å². The van der Waals surface area contributed by atoms with Crippen LogP contribution in [0, 0.1) is 5.92 Å². The summed E-state index contributed by atoms with van der Waals surface area (Å²) >= 11 is 0. The molecule has 0 bridgehead atoms. The Morgan fingerprint density at radius 3 is 2.60 bits per heavy atom. The fourth-order valence-electron chi connectivity index (χ4n) is 1.21. The highest BCUT2D eigenvalue weighted by Crippen LogP contribution is 2.14. The van der Waals surface area contributed by atoms with Crippen molar-refractivity contribution in [2.75, 3.05) is 11.9 Å². The van der Waals surface area contributed by atoms with E-state index in [4.69, 9.17) is 0 Å². The summed E-state index contributed by atoms with van der Waals surface area (Å²) in [6.07, 6.45) is 2.82. The molecule has 0 spiro atoms. The maximum atomic E-state index is 4.24. The Bertz CT molecular complexity index is 297. The van der Waals surface area contributed by atoms with Gasteiger partial charge in [-0.2, -0.15) is 0 Å². The molecule has 1 unspecified atom stereocenters. The minimum absolute atomic E-state index is 0.456. The summed E-state index contributed by atoms with van der Waals surface area (Å²) in [6.45, 7) is 9.69. The van der Waals surface area contributed by atoms with Crippen molar-refractivity contribution >= 4 is 5.82 Å². The van der Waals surface area contributed by atoms with E-state index in [1.54, 1.807) is 6.33 Å². The zero-order chi connectivity index (χ0) is 11.3. The maximum absolute atomic E-state index is 4.24. The van der Waals surface area contributed by atoms with Crippen molar-refractivity contribution in [3.05, 3.63) is 18.1 Å². The van der Waals surface area contributed by atoms with Gasteiger partial charge in [-0.15, -0.1) is 0 Å². The second-order valence-electron chi connectivity index (χ2n) is 4.38. The molecule has 3 heteroatoms. The summed E-state index contributed by atoms with van der Waals surface area (Å²) in [6, 6.07) is 2.03. The van der Waals surface area contributed by atoms with Crippen LogP contribution < -0.4 is 5.32 Å². The third-order valence-electron chi connectivity index (χ3n) is 2.61. The van der Waals surface area contributed by atoms with E-state index in [9.17, 15) is 0 Å². The van der Waals surface area contributed by atoms with E-state index in [0.717, 1.165) is 18.1 Å². The summed E-state index contributed by atoms with van der Waals surface area (Å²) in [5.74, 6) is 2.08. The predicted molar refractivity (Wildman–Crippen MR) is 64.1 cm³/mol. The lowest BCUT2D eigenvalue weighted by Gasteiger charge is -2.11. The van der Waals surface area contributed by atoms with E-state index in [1.165, 1.54) is 6.42 Å². The van der Waals surface area contributed by atoms with Gasteiger partial charge in [-0.3, -0.25) is 0 Å². The monoisotopic (exact) mass is 207 g/mol. The minimum atomic E-state index is 0.456. The number of hydrogen-bond acceptors (Lipinski definition) is 3. The first kappa shape index (κ1) is 12.0. The van der Waals surface area contributed by atoms with Crippen LogP contribution in [0.3, 0.4) is 0 Å². The molecular formula is C12H21N3. The molecular weight excluding hydrogens is 186 g/mol. The summed E-state index contributed by atoms with van der Waals surface area (Å²) in [4.78, 5) is 8.44. The number of aromatic nitrogens is 2. The van der Waals surface area contributed by atoms with Crippen molar-refractivity contribution in [2.24, 2.45) is 5.92 Å². The van der Waals surface area contributed by atoms with Crippen molar-refractivity contribution < 1.29 is 0 Å². The van der Waals surface area contributed by atoms with Gasteiger partial charge in [0, 0.05) is 18.3 Å². The van der Waals surface area contributed by atoms with E-state index in [2.05, 4.69) is 43.0 Å². The topological polar surface area (TPSA) is 37.8 Å². The fourth-order valence-corrected chi connectivity index (χ4v) is 1.21. The molecule has 1 N–H and O–H groups in total. The van der Waals surface area contributed by atoms with Gasteiger partial charge in [0.2, 0.25) is 0 Å². The number of nitrogens with zero attached hydrogens (tertiary/aromatic N) is 2. The SMILES string of the molecule is CCC(C)CNc1cc(C(C)C)ncn1. The van der Waals surface area contributed by atoms with E-state index in [0.29, 0.717) is 11.8 Å². The van der Waals surface area contributed by atoms with Crippen LogP contribution in [0.5, 0.6) is 0 Å². The first-order chi connectivity index (χ1) is 7.13. The zero-order valence-corrected chi connectivity index (χ0v) is 10.1. The molecule has 1 rings (SSSR count). The second kappa shape index (κ2) is 5.69. The summed E-state index contributed by atoms with van der Waals surface area (Å²) in [5.41, 5.74) is 1.09. The molecule has 0 aromatic carbocycles. The van der Waals surface area contributed by atoms with Crippen molar-refractivity contribution in [2.45, 2.75) is 40.0 Å². The lowest BCUT2D eigenvalue weighted by molar-refractivity contribution is 0.592. The van der Waals surface area contributed by atoms with Crippen LogP contribution in [0.25, 0.3) is 0 Å². The van der Waals surface area contributed by atoms with Crippen LogP contribution in [-0.4, -0.2) is 16.5 Å². The van der Waals surface area contributed by atoms with Crippen LogP contribution in [0.1, 0.15) is 45.7 Å². The molecule has 0 amide bonds. The molecule has 0 saturated carbocycles. The predicted octanol–water partition coefficient (Wildman–Crippen LogP) is 3.06. The molecule has 3 nitrogen and oxygen atoms in total. The van der Waals surface area contributed by atoms with Gasteiger partial charge in [-0.1, -0.05) is 34.1 Å². The average molecular weight is 207 g/mol. The van der Waals surface area contributed by atoms with Gasteiger partial charge in [0.1, 0.15) is 12.1 Å². The number of hydrogen-bond donors (Lipinski definition) is 1. The Labute approximate surface area is 92.3 Å². The Morgan fingerprint density at radius 2 is 2.00 bits per heavy atom. The fraction of sp³-hybridized carbons (Fsp3) is 0.667. The first-order valence-corrected chi connectivity index (χ1v) is 5.69. The lowest BCUT2D eigenvalue weighted by atomic mass is 10.1. The molecule has 84 valence electrons. The number of rotatable bonds is 5. The van der Waals surface area contributed by atoms with Crippen molar-refractivity contribution in [1.29, 1.82) is 0 Å². The van der Waals surface area contributed by atoms with Gasteiger partial charge in [-0.25, -0.2) is 9.97 Å². The molecule has 0 aliphatic heterocycles. The van der Waals surface area contributed by atoms with Gasteiger partial charge in [-0.05, 0) is 11.8 Å². The van der Waals surface area contributed by atoms with Gasteiger partial charge >= 0.3 is 0 Å². The van der Waals surface area contributed by atoms with Crippen LogP contribution in [-0.2, 0) is 0 Å². The maximum Gasteiger partial charge on any atom is 0.129 e. The quantitative estimate of drug-likeness (QED) is 0.806. The Kier molecular flexibility index (Phi) is 4.53. The highest BCUT2D eigenvalue weighted by atomic mass is 15.0. The van der Waals surface area contributed by atoms with Crippen LogP contribution in [0.2, 0.25) is 0 Å².